The first-order valence-electron chi connectivity index (χ1n) is 10.0. The molecule has 0 aromatic heterocycles. The second kappa shape index (κ2) is 7.21. The van der Waals surface area contributed by atoms with Gasteiger partial charge in [0.25, 0.3) is 0 Å². The van der Waals surface area contributed by atoms with E-state index in [-0.39, 0.29) is 0 Å². The third-order valence-electron chi connectivity index (χ3n) is 5.85. The van der Waals surface area contributed by atoms with E-state index in [1.807, 2.05) is 0 Å². The van der Waals surface area contributed by atoms with E-state index in [9.17, 15) is 0 Å². The molecular weight excluding hydrogens is 330 g/mol. The Labute approximate surface area is 161 Å². The van der Waals surface area contributed by atoms with Gasteiger partial charge in [-0.25, -0.2) is 0 Å². The monoisotopic (exact) mass is 355 g/mol. The molecule has 2 aliphatic rings. The first-order valence-corrected chi connectivity index (χ1v) is 10.0. The van der Waals surface area contributed by atoms with Crippen LogP contribution in [0.4, 0.5) is 0 Å². The Hall–Kier alpha value is -2.58. The predicted molar refractivity (Wildman–Crippen MR) is 111 cm³/mol. The number of nitrogens with one attached hydrogen (secondary N) is 1. The summed E-state index contributed by atoms with van der Waals surface area (Å²) in [7, 11) is 0. The van der Waals surface area contributed by atoms with Crippen molar-refractivity contribution in [1.29, 1.82) is 0 Å². The molecule has 3 aromatic carbocycles. The van der Waals surface area contributed by atoms with E-state index in [4.69, 9.17) is 4.74 Å². The Morgan fingerprint density at radius 1 is 0.630 bits per heavy atom. The van der Waals surface area contributed by atoms with Crippen molar-refractivity contribution >= 4 is 0 Å². The maximum absolute atomic E-state index is 6.52. The van der Waals surface area contributed by atoms with Crippen LogP contribution in [0, 0.1) is 0 Å². The molecule has 1 unspecified atom stereocenters. The van der Waals surface area contributed by atoms with Crippen molar-refractivity contribution in [2.75, 3.05) is 0 Å². The van der Waals surface area contributed by atoms with Crippen molar-refractivity contribution in [3.05, 3.63) is 78.9 Å². The van der Waals surface area contributed by atoms with Gasteiger partial charge in [-0.1, -0.05) is 60.7 Å². The molecule has 2 bridgehead atoms. The summed E-state index contributed by atoms with van der Waals surface area (Å²) >= 11 is 0. The quantitative estimate of drug-likeness (QED) is 0.650. The zero-order valence-corrected chi connectivity index (χ0v) is 15.5. The molecule has 1 N–H and O–H groups in total. The fourth-order valence-corrected chi connectivity index (χ4v) is 4.56. The highest BCUT2D eigenvalue weighted by Gasteiger charge is 2.34. The molecule has 2 fully saturated rings. The zero-order chi connectivity index (χ0) is 18.1. The number of hydrogen-bond donors (Lipinski definition) is 1. The molecule has 0 spiro atoms. The highest BCUT2D eigenvalue weighted by molar-refractivity contribution is 5.75. The Balaban J connectivity index is 1.50. The van der Waals surface area contributed by atoms with E-state index in [1.165, 1.54) is 35.1 Å². The standard InChI is InChI=1S/C25H25NO/c1-3-7-18(8-4-1)20-13-21(19-9-5-2-6-10-19)15-24(14-20)27-25-16-22-11-12-23(17-25)26-22/h1-10,13-15,22-23,25-26H,11-12,16-17H2/t22-,23+,25?. The van der Waals surface area contributed by atoms with E-state index >= 15 is 0 Å². The molecule has 5 rings (SSSR count). The van der Waals surface area contributed by atoms with E-state index in [1.54, 1.807) is 0 Å². The zero-order valence-electron chi connectivity index (χ0n) is 15.5. The molecule has 2 heterocycles. The minimum Gasteiger partial charge on any atom is -0.490 e. The predicted octanol–water partition coefficient (Wildman–Crippen LogP) is 5.68. The molecule has 0 saturated carbocycles. The topological polar surface area (TPSA) is 21.3 Å². The summed E-state index contributed by atoms with van der Waals surface area (Å²) in [5.74, 6) is 0.988. The van der Waals surface area contributed by atoms with E-state index in [0.29, 0.717) is 18.2 Å². The van der Waals surface area contributed by atoms with Crippen LogP contribution in [0.5, 0.6) is 5.75 Å². The molecular formula is C25H25NO. The molecule has 27 heavy (non-hydrogen) atoms. The Bertz CT molecular complexity index is 836. The SMILES string of the molecule is c1ccc(-c2cc(OC3C[C@H]4CC[C@@H](C3)N4)cc(-c3ccccc3)c2)cc1. The second-order valence-electron chi connectivity index (χ2n) is 7.83. The van der Waals surface area contributed by atoms with Crippen LogP contribution in [0.25, 0.3) is 22.3 Å². The summed E-state index contributed by atoms with van der Waals surface area (Å²) < 4.78 is 6.52. The van der Waals surface area contributed by atoms with Crippen molar-refractivity contribution in [1.82, 2.24) is 5.32 Å². The Morgan fingerprint density at radius 3 is 1.67 bits per heavy atom. The van der Waals surface area contributed by atoms with Crippen LogP contribution < -0.4 is 10.1 Å². The van der Waals surface area contributed by atoms with Gasteiger partial charge in [-0.15, -0.1) is 0 Å². The van der Waals surface area contributed by atoms with Gasteiger partial charge in [0.15, 0.2) is 0 Å². The molecule has 0 aliphatic carbocycles. The summed E-state index contributed by atoms with van der Waals surface area (Å²) in [6, 6.07) is 29.1. The number of hydrogen-bond acceptors (Lipinski definition) is 2. The van der Waals surface area contributed by atoms with Crippen LogP contribution in [-0.4, -0.2) is 18.2 Å². The lowest BCUT2D eigenvalue weighted by Crippen LogP contribution is -2.42. The van der Waals surface area contributed by atoms with Gasteiger partial charge in [-0.05, 0) is 66.1 Å². The summed E-state index contributed by atoms with van der Waals surface area (Å²) in [5, 5.41) is 3.70. The van der Waals surface area contributed by atoms with Gasteiger partial charge >= 0.3 is 0 Å². The smallest absolute Gasteiger partial charge is 0.120 e. The van der Waals surface area contributed by atoms with Gasteiger partial charge in [0, 0.05) is 12.1 Å². The van der Waals surface area contributed by atoms with Gasteiger partial charge in [-0.2, -0.15) is 0 Å². The van der Waals surface area contributed by atoms with Crippen molar-refractivity contribution in [3.8, 4) is 28.0 Å². The highest BCUT2D eigenvalue weighted by atomic mass is 16.5. The molecule has 0 radical (unpaired) electrons. The molecule has 136 valence electrons. The van der Waals surface area contributed by atoms with E-state index in [2.05, 4.69) is 84.2 Å². The lowest BCUT2D eigenvalue weighted by Gasteiger charge is -2.29. The molecule has 3 atom stereocenters. The number of fused-ring (bicyclic) bond motifs is 2. The van der Waals surface area contributed by atoms with Crippen LogP contribution in [0.1, 0.15) is 25.7 Å². The number of benzene rings is 3. The van der Waals surface area contributed by atoms with Gasteiger partial charge < -0.3 is 10.1 Å². The average Bonchev–Trinajstić information content (AvgIpc) is 3.07. The van der Waals surface area contributed by atoms with Crippen molar-refractivity contribution < 1.29 is 4.74 Å². The molecule has 3 aromatic rings. The van der Waals surface area contributed by atoms with E-state index in [0.717, 1.165) is 18.6 Å². The third-order valence-corrected chi connectivity index (χ3v) is 5.85. The number of ether oxygens (including phenoxy) is 1. The highest BCUT2D eigenvalue weighted by Crippen LogP contribution is 2.34. The molecule has 2 heteroatoms. The molecule has 2 saturated heterocycles. The lowest BCUT2D eigenvalue weighted by molar-refractivity contribution is 0.137. The number of piperidine rings is 1. The van der Waals surface area contributed by atoms with Crippen LogP contribution in [0.2, 0.25) is 0 Å². The molecule has 0 amide bonds. The molecule has 2 nitrogen and oxygen atoms in total. The minimum atomic E-state index is 0.318. The normalized spacial score (nSPS) is 23.9. The van der Waals surface area contributed by atoms with Gasteiger partial charge in [0.1, 0.15) is 11.9 Å². The summed E-state index contributed by atoms with van der Waals surface area (Å²) in [6.07, 6.45) is 5.14. The van der Waals surface area contributed by atoms with Crippen molar-refractivity contribution in [3.63, 3.8) is 0 Å². The third kappa shape index (κ3) is 3.63. The van der Waals surface area contributed by atoms with Crippen LogP contribution >= 0.6 is 0 Å². The fourth-order valence-electron chi connectivity index (χ4n) is 4.56. The van der Waals surface area contributed by atoms with E-state index < -0.39 is 0 Å². The van der Waals surface area contributed by atoms with Gasteiger partial charge in [0.05, 0.1) is 0 Å². The lowest BCUT2D eigenvalue weighted by atomic mass is 9.98. The van der Waals surface area contributed by atoms with Gasteiger partial charge in [-0.3, -0.25) is 0 Å². The first-order chi connectivity index (χ1) is 13.3. The first kappa shape index (κ1) is 16.6. The summed E-state index contributed by atoms with van der Waals surface area (Å²) in [6.45, 7) is 0. The van der Waals surface area contributed by atoms with Crippen LogP contribution in [0.15, 0.2) is 78.9 Å². The minimum absolute atomic E-state index is 0.318. The van der Waals surface area contributed by atoms with Gasteiger partial charge in [0.2, 0.25) is 0 Å². The average molecular weight is 355 g/mol. The summed E-state index contributed by atoms with van der Waals surface area (Å²) in [4.78, 5) is 0. The maximum atomic E-state index is 6.52. The number of rotatable bonds is 4. The Kier molecular flexibility index (Phi) is 4.43. The largest absolute Gasteiger partial charge is 0.490 e. The Morgan fingerprint density at radius 2 is 1.15 bits per heavy atom. The maximum Gasteiger partial charge on any atom is 0.120 e. The fraction of sp³-hybridized carbons (Fsp3) is 0.280. The second-order valence-corrected chi connectivity index (χ2v) is 7.83. The van der Waals surface area contributed by atoms with Crippen LogP contribution in [0.3, 0.4) is 0 Å². The summed E-state index contributed by atoms with van der Waals surface area (Å²) in [5.41, 5.74) is 4.88. The van der Waals surface area contributed by atoms with Crippen molar-refractivity contribution in [2.24, 2.45) is 0 Å². The van der Waals surface area contributed by atoms with Crippen LogP contribution in [-0.2, 0) is 0 Å². The van der Waals surface area contributed by atoms with Crippen molar-refractivity contribution in [2.45, 2.75) is 43.9 Å². The molecule has 2 aliphatic heterocycles.